The minimum absolute atomic E-state index is 0.184. The summed E-state index contributed by atoms with van der Waals surface area (Å²) in [5.74, 6) is -1.28. The van der Waals surface area contributed by atoms with Crippen LogP contribution in [-0.4, -0.2) is 9.97 Å². The molecule has 0 amide bonds. The zero-order valence-electron chi connectivity index (χ0n) is 10.1. The van der Waals surface area contributed by atoms with Gasteiger partial charge in [0.2, 0.25) is 0 Å². The van der Waals surface area contributed by atoms with Crippen molar-refractivity contribution in [3.8, 4) is 0 Å². The molecule has 3 aromatic rings. The maximum absolute atomic E-state index is 13.7. The number of benzene rings is 1. The maximum atomic E-state index is 13.7. The fraction of sp³-hybridized carbons (Fsp3) is 0. The molecule has 2 aromatic heterocycles. The van der Waals surface area contributed by atoms with Gasteiger partial charge in [-0.1, -0.05) is 0 Å². The molecule has 100 valence electrons. The fourth-order valence-corrected chi connectivity index (χ4v) is 2.16. The summed E-state index contributed by atoms with van der Waals surface area (Å²) in [6.07, 6.45) is 3.23. The van der Waals surface area contributed by atoms with Gasteiger partial charge in [0.05, 0.1) is 16.9 Å². The fourth-order valence-electron chi connectivity index (χ4n) is 1.84. The number of anilines is 2. The van der Waals surface area contributed by atoms with Crippen molar-refractivity contribution in [1.82, 2.24) is 9.97 Å². The molecule has 0 saturated carbocycles. The summed E-state index contributed by atoms with van der Waals surface area (Å²) >= 11 is 3.32. The summed E-state index contributed by atoms with van der Waals surface area (Å²) in [6, 6.07) is 6.87. The Balaban J connectivity index is 2.06. The van der Waals surface area contributed by atoms with Crippen molar-refractivity contribution in [2.24, 2.45) is 0 Å². The highest BCUT2D eigenvalue weighted by Crippen LogP contribution is 2.26. The van der Waals surface area contributed by atoms with E-state index in [2.05, 4.69) is 31.2 Å². The van der Waals surface area contributed by atoms with Crippen LogP contribution in [0.2, 0.25) is 0 Å². The lowest BCUT2D eigenvalue weighted by Crippen LogP contribution is -1.97. The van der Waals surface area contributed by atoms with Crippen LogP contribution < -0.4 is 5.32 Å². The number of rotatable bonds is 2. The summed E-state index contributed by atoms with van der Waals surface area (Å²) in [5.41, 5.74) is 2.07. The maximum Gasteiger partial charge on any atom is 0.149 e. The van der Waals surface area contributed by atoms with Crippen LogP contribution in [0, 0.1) is 11.6 Å². The summed E-state index contributed by atoms with van der Waals surface area (Å²) in [7, 11) is 0. The highest BCUT2D eigenvalue weighted by molar-refractivity contribution is 9.10. The molecule has 2 heterocycles. The molecule has 0 saturated heterocycles. The number of hydrogen-bond acceptors (Lipinski definition) is 3. The van der Waals surface area contributed by atoms with Crippen molar-refractivity contribution < 1.29 is 8.78 Å². The van der Waals surface area contributed by atoms with Crippen LogP contribution >= 0.6 is 15.9 Å². The first-order valence-electron chi connectivity index (χ1n) is 5.76. The van der Waals surface area contributed by atoms with Crippen LogP contribution in [0.25, 0.3) is 11.0 Å². The molecule has 0 radical (unpaired) electrons. The van der Waals surface area contributed by atoms with Gasteiger partial charge in [-0.2, -0.15) is 0 Å². The van der Waals surface area contributed by atoms with E-state index in [9.17, 15) is 8.78 Å². The zero-order valence-corrected chi connectivity index (χ0v) is 11.7. The van der Waals surface area contributed by atoms with E-state index in [1.165, 1.54) is 12.1 Å². The van der Waals surface area contributed by atoms with Crippen LogP contribution in [0.15, 0.2) is 47.2 Å². The second kappa shape index (κ2) is 5.13. The Morgan fingerprint density at radius 2 is 1.85 bits per heavy atom. The van der Waals surface area contributed by atoms with Gasteiger partial charge in [0.15, 0.2) is 0 Å². The first-order valence-corrected chi connectivity index (χ1v) is 6.55. The van der Waals surface area contributed by atoms with Gasteiger partial charge >= 0.3 is 0 Å². The number of aromatic nitrogens is 2. The smallest absolute Gasteiger partial charge is 0.149 e. The van der Waals surface area contributed by atoms with Crippen molar-refractivity contribution >= 4 is 38.3 Å². The van der Waals surface area contributed by atoms with Crippen molar-refractivity contribution in [2.45, 2.75) is 0 Å². The third-order valence-corrected chi connectivity index (χ3v) is 3.18. The largest absolute Gasteiger partial charge is 0.351 e. The van der Waals surface area contributed by atoms with Gasteiger partial charge in [0.25, 0.3) is 0 Å². The molecule has 0 bridgehead atoms. The Morgan fingerprint density at radius 3 is 2.65 bits per heavy atom. The Bertz CT molecular complexity index is 792. The number of hydrogen-bond donors (Lipinski definition) is 1. The van der Waals surface area contributed by atoms with Gasteiger partial charge in [-0.15, -0.1) is 0 Å². The topological polar surface area (TPSA) is 37.8 Å². The van der Waals surface area contributed by atoms with Gasteiger partial charge in [0.1, 0.15) is 17.2 Å². The molecule has 0 spiro atoms. The molecule has 0 aliphatic carbocycles. The Labute approximate surface area is 121 Å². The van der Waals surface area contributed by atoms with Crippen molar-refractivity contribution in [3.05, 3.63) is 58.8 Å². The molecule has 0 fully saturated rings. The molecule has 1 aromatic carbocycles. The lowest BCUT2D eigenvalue weighted by atomic mass is 10.2. The van der Waals surface area contributed by atoms with Gasteiger partial charge < -0.3 is 5.32 Å². The number of fused-ring (bicyclic) bond motifs is 1. The lowest BCUT2D eigenvalue weighted by molar-refractivity contribution is 0.586. The highest BCUT2D eigenvalue weighted by Gasteiger charge is 2.08. The first-order chi connectivity index (χ1) is 9.63. The quantitative estimate of drug-likeness (QED) is 0.753. The minimum Gasteiger partial charge on any atom is -0.351 e. The number of halogens is 3. The number of nitrogens with zero attached hydrogens (tertiary/aromatic N) is 2. The predicted molar refractivity (Wildman–Crippen MR) is 76.9 cm³/mol. The molecular weight excluding hydrogens is 328 g/mol. The molecule has 1 N–H and O–H groups in total. The summed E-state index contributed by atoms with van der Waals surface area (Å²) in [6.45, 7) is 0. The SMILES string of the molecule is Fc1ccc(Nc2ccnc3cc(Br)cnc23)c(F)c1. The standard InChI is InChI=1S/C14H8BrF2N3/c15-8-5-13-14(19-7-8)12(3-4-18-13)20-11-2-1-9(16)6-10(11)17/h1-7H,(H,18,20). The molecule has 3 nitrogen and oxygen atoms in total. The van der Waals surface area contributed by atoms with E-state index in [0.717, 1.165) is 10.5 Å². The minimum atomic E-state index is -0.660. The summed E-state index contributed by atoms with van der Waals surface area (Å²) < 4.78 is 27.4. The molecule has 0 unspecified atom stereocenters. The van der Waals surface area contributed by atoms with Crippen LogP contribution in [0.4, 0.5) is 20.2 Å². The third kappa shape index (κ3) is 2.46. The molecular formula is C14H8BrF2N3. The zero-order chi connectivity index (χ0) is 14.1. The van der Waals surface area contributed by atoms with Crippen molar-refractivity contribution in [3.63, 3.8) is 0 Å². The van der Waals surface area contributed by atoms with Gasteiger partial charge in [-0.25, -0.2) is 8.78 Å². The normalized spacial score (nSPS) is 10.8. The molecule has 0 atom stereocenters. The molecule has 0 aliphatic rings. The number of pyridine rings is 2. The van der Waals surface area contributed by atoms with Gasteiger partial charge in [0, 0.05) is 22.9 Å². The third-order valence-electron chi connectivity index (χ3n) is 2.74. The van der Waals surface area contributed by atoms with E-state index >= 15 is 0 Å². The van der Waals surface area contributed by atoms with E-state index in [0.29, 0.717) is 16.7 Å². The van der Waals surface area contributed by atoms with Crippen LogP contribution in [0.5, 0.6) is 0 Å². The second-order valence-corrected chi connectivity index (χ2v) is 5.04. The molecule has 3 rings (SSSR count). The average molecular weight is 336 g/mol. The molecule has 0 aliphatic heterocycles. The first kappa shape index (κ1) is 12.9. The monoisotopic (exact) mass is 335 g/mol. The van der Waals surface area contributed by atoms with E-state index in [1.807, 2.05) is 6.07 Å². The van der Waals surface area contributed by atoms with Crippen LogP contribution in [0.1, 0.15) is 0 Å². The van der Waals surface area contributed by atoms with Crippen LogP contribution in [-0.2, 0) is 0 Å². The Kier molecular flexibility index (Phi) is 3.31. The summed E-state index contributed by atoms with van der Waals surface area (Å²) in [4.78, 5) is 8.45. The predicted octanol–water partition coefficient (Wildman–Crippen LogP) is 4.41. The average Bonchev–Trinajstić information content (AvgIpc) is 2.41. The van der Waals surface area contributed by atoms with E-state index < -0.39 is 11.6 Å². The van der Waals surface area contributed by atoms with Gasteiger partial charge in [-0.3, -0.25) is 9.97 Å². The van der Waals surface area contributed by atoms with Crippen molar-refractivity contribution in [2.75, 3.05) is 5.32 Å². The second-order valence-electron chi connectivity index (χ2n) is 4.13. The van der Waals surface area contributed by atoms with E-state index in [1.54, 1.807) is 18.5 Å². The van der Waals surface area contributed by atoms with E-state index in [4.69, 9.17) is 0 Å². The van der Waals surface area contributed by atoms with E-state index in [-0.39, 0.29) is 5.69 Å². The molecule has 20 heavy (non-hydrogen) atoms. The van der Waals surface area contributed by atoms with Crippen molar-refractivity contribution in [1.29, 1.82) is 0 Å². The van der Waals surface area contributed by atoms with Gasteiger partial charge in [-0.05, 0) is 40.2 Å². The highest BCUT2D eigenvalue weighted by atomic mass is 79.9. The Morgan fingerprint density at radius 1 is 1.00 bits per heavy atom. The van der Waals surface area contributed by atoms with Crippen LogP contribution in [0.3, 0.4) is 0 Å². The number of nitrogens with one attached hydrogen (secondary N) is 1. The summed E-state index contributed by atoms with van der Waals surface area (Å²) in [5, 5.41) is 2.90. The molecule has 6 heteroatoms. The Hall–Kier alpha value is -2.08. The lowest BCUT2D eigenvalue weighted by Gasteiger charge is -2.09.